The first kappa shape index (κ1) is 18.1. The Kier molecular flexibility index (Phi) is 5.35. The van der Waals surface area contributed by atoms with Gasteiger partial charge >= 0.3 is 12.0 Å². The first-order valence-corrected chi connectivity index (χ1v) is 8.74. The van der Waals surface area contributed by atoms with E-state index >= 15 is 0 Å². The minimum absolute atomic E-state index is 0.0618. The van der Waals surface area contributed by atoms with Crippen molar-refractivity contribution in [3.63, 3.8) is 0 Å². The van der Waals surface area contributed by atoms with Gasteiger partial charge in [0.2, 0.25) is 0 Å². The van der Waals surface area contributed by atoms with Crippen molar-refractivity contribution >= 4 is 12.0 Å². The second-order valence-corrected chi connectivity index (χ2v) is 6.49. The third-order valence-electron chi connectivity index (χ3n) is 4.81. The quantitative estimate of drug-likeness (QED) is 0.789. The summed E-state index contributed by atoms with van der Waals surface area (Å²) in [6, 6.07) is 4.21. The maximum Gasteiger partial charge on any atom is 0.338 e. The summed E-state index contributed by atoms with van der Waals surface area (Å²) in [5.41, 5.74) is 1.49. The van der Waals surface area contributed by atoms with Crippen LogP contribution in [0.1, 0.15) is 44.2 Å². The average Bonchev–Trinajstić information content (AvgIpc) is 3.13. The number of nitrogens with one attached hydrogen (secondary N) is 2. The van der Waals surface area contributed by atoms with Crippen molar-refractivity contribution in [2.45, 2.75) is 44.8 Å². The average molecular weight is 360 g/mol. The summed E-state index contributed by atoms with van der Waals surface area (Å²) in [6.45, 7) is 1.70. The van der Waals surface area contributed by atoms with Gasteiger partial charge in [-0.1, -0.05) is 0 Å². The van der Waals surface area contributed by atoms with E-state index in [1.807, 2.05) is 0 Å². The molecule has 3 rings (SSSR count). The maximum absolute atomic E-state index is 12.9. The summed E-state index contributed by atoms with van der Waals surface area (Å²) in [7, 11) is 3.10. The lowest BCUT2D eigenvalue weighted by Gasteiger charge is -2.29. The molecule has 1 atom stereocenters. The third-order valence-corrected chi connectivity index (χ3v) is 4.81. The molecule has 1 fully saturated rings. The number of carbonyl (C=O) groups is 2. The first-order chi connectivity index (χ1) is 12.5. The van der Waals surface area contributed by atoms with Gasteiger partial charge in [-0.2, -0.15) is 0 Å². The monoisotopic (exact) mass is 360 g/mol. The highest BCUT2D eigenvalue weighted by Crippen LogP contribution is 2.36. The molecule has 1 heterocycles. The van der Waals surface area contributed by atoms with Crippen molar-refractivity contribution < 1.29 is 23.8 Å². The zero-order valence-corrected chi connectivity index (χ0v) is 15.3. The van der Waals surface area contributed by atoms with E-state index in [0.29, 0.717) is 28.3 Å². The number of rotatable bonds is 5. The molecule has 0 aromatic heterocycles. The number of hydrogen-bond acceptors (Lipinski definition) is 5. The molecule has 1 aliphatic carbocycles. The van der Waals surface area contributed by atoms with Gasteiger partial charge in [-0.15, -0.1) is 0 Å². The van der Waals surface area contributed by atoms with Crippen LogP contribution in [0.4, 0.5) is 4.79 Å². The van der Waals surface area contributed by atoms with Crippen LogP contribution in [0, 0.1) is 0 Å². The number of ether oxygens (including phenoxy) is 3. The Hall–Kier alpha value is -2.70. The van der Waals surface area contributed by atoms with Crippen molar-refractivity contribution in [2.75, 3.05) is 14.2 Å². The van der Waals surface area contributed by atoms with Crippen LogP contribution in [0.5, 0.6) is 11.5 Å². The van der Waals surface area contributed by atoms with E-state index in [9.17, 15) is 9.59 Å². The largest absolute Gasteiger partial charge is 0.497 e. The van der Waals surface area contributed by atoms with E-state index in [1.54, 1.807) is 39.3 Å². The summed E-state index contributed by atoms with van der Waals surface area (Å²) in [5, 5.41) is 5.46. The topological polar surface area (TPSA) is 85.9 Å². The minimum Gasteiger partial charge on any atom is -0.497 e. The number of methoxy groups -OCH3 is 2. The normalized spacial score (nSPS) is 20.4. The van der Waals surface area contributed by atoms with E-state index in [4.69, 9.17) is 14.2 Å². The van der Waals surface area contributed by atoms with Gasteiger partial charge in [0, 0.05) is 11.3 Å². The highest BCUT2D eigenvalue weighted by molar-refractivity contribution is 5.95. The zero-order valence-electron chi connectivity index (χ0n) is 15.3. The number of urea groups is 1. The van der Waals surface area contributed by atoms with Crippen LogP contribution >= 0.6 is 0 Å². The highest BCUT2D eigenvalue weighted by atomic mass is 16.5. The first-order valence-electron chi connectivity index (χ1n) is 8.74. The summed E-state index contributed by atoms with van der Waals surface area (Å²) < 4.78 is 16.4. The summed E-state index contributed by atoms with van der Waals surface area (Å²) in [6.07, 6.45) is 3.83. The van der Waals surface area contributed by atoms with Crippen molar-refractivity contribution in [2.24, 2.45) is 0 Å². The number of carbonyl (C=O) groups excluding carboxylic acids is 2. The SMILES string of the molecule is COc1ccc(OC)c(C2NC(=O)NC(C)=C2C(=O)OC2CCCC2)c1. The molecule has 2 aliphatic rings. The van der Waals surface area contributed by atoms with Crippen LogP contribution in [-0.2, 0) is 9.53 Å². The zero-order chi connectivity index (χ0) is 18.7. The van der Waals surface area contributed by atoms with E-state index in [-0.39, 0.29) is 12.1 Å². The molecule has 7 nitrogen and oxygen atoms in total. The van der Waals surface area contributed by atoms with E-state index in [0.717, 1.165) is 25.7 Å². The van der Waals surface area contributed by atoms with Gasteiger partial charge in [-0.05, 0) is 50.8 Å². The fourth-order valence-corrected chi connectivity index (χ4v) is 3.48. The molecule has 7 heteroatoms. The molecule has 0 bridgehead atoms. The molecule has 2 amide bonds. The van der Waals surface area contributed by atoms with Crippen LogP contribution < -0.4 is 20.1 Å². The molecular formula is C19H24N2O5. The Balaban J connectivity index is 1.98. The van der Waals surface area contributed by atoms with E-state index in [2.05, 4.69) is 10.6 Å². The number of hydrogen-bond donors (Lipinski definition) is 2. The highest BCUT2D eigenvalue weighted by Gasteiger charge is 2.35. The molecular weight excluding hydrogens is 336 g/mol. The van der Waals surface area contributed by atoms with Gasteiger partial charge in [0.05, 0.1) is 25.8 Å². The van der Waals surface area contributed by atoms with Crippen LogP contribution in [0.2, 0.25) is 0 Å². The molecule has 0 saturated heterocycles. The maximum atomic E-state index is 12.9. The summed E-state index contributed by atoms with van der Waals surface area (Å²) >= 11 is 0. The lowest BCUT2D eigenvalue weighted by molar-refractivity contribution is -0.144. The number of allylic oxidation sites excluding steroid dienone is 1. The Morgan fingerprint density at radius 1 is 1.15 bits per heavy atom. The molecule has 140 valence electrons. The van der Waals surface area contributed by atoms with E-state index in [1.165, 1.54) is 0 Å². The van der Waals surface area contributed by atoms with Crippen molar-refractivity contribution in [1.82, 2.24) is 10.6 Å². The molecule has 1 aromatic carbocycles. The second-order valence-electron chi connectivity index (χ2n) is 6.49. The molecule has 1 saturated carbocycles. The van der Waals surface area contributed by atoms with Gasteiger partial charge < -0.3 is 24.8 Å². The number of benzene rings is 1. The van der Waals surface area contributed by atoms with Crippen molar-refractivity contribution in [3.05, 3.63) is 35.0 Å². The fourth-order valence-electron chi connectivity index (χ4n) is 3.48. The molecule has 0 spiro atoms. The van der Waals surface area contributed by atoms with Crippen LogP contribution in [0.25, 0.3) is 0 Å². The fraction of sp³-hybridized carbons (Fsp3) is 0.474. The molecule has 2 N–H and O–H groups in total. The molecule has 1 aliphatic heterocycles. The Labute approximate surface area is 152 Å². The van der Waals surface area contributed by atoms with Crippen LogP contribution in [-0.4, -0.2) is 32.3 Å². The predicted octanol–water partition coefficient (Wildman–Crippen LogP) is 2.82. The number of esters is 1. The van der Waals surface area contributed by atoms with Gasteiger partial charge in [-0.3, -0.25) is 0 Å². The standard InChI is InChI=1S/C19H24N2O5/c1-11-16(18(22)26-12-6-4-5-7-12)17(21-19(23)20-11)14-10-13(24-2)8-9-15(14)25-3/h8-10,12,17H,4-7H2,1-3H3,(H2,20,21,23). The summed E-state index contributed by atoms with van der Waals surface area (Å²) in [4.78, 5) is 24.9. The van der Waals surface area contributed by atoms with Crippen molar-refractivity contribution in [1.29, 1.82) is 0 Å². The predicted molar refractivity (Wildman–Crippen MR) is 95.0 cm³/mol. The Morgan fingerprint density at radius 2 is 1.88 bits per heavy atom. The summed E-state index contributed by atoms with van der Waals surface area (Å²) in [5.74, 6) is 0.739. The van der Waals surface area contributed by atoms with Crippen LogP contribution in [0.15, 0.2) is 29.5 Å². The van der Waals surface area contributed by atoms with Gasteiger partial charge in [0.15, 0.2) is 0 Å². The van der Waals surface area contributed by atoms with Crippen LogP contribution in [0.3, 0.4) is 0 Å². The molecule has 0 radical (unpaired) electrons. The van der Waals surface area contributed by atoms with Gasteiger partial charge in [0.1, 0.15) is 17.6 Å². The van der Waals surface area contributed by atoms with E-state index < -0.39 is 12.0 Å². The minimum atomic E-state index is -0.678. The number of amides is 2. The van der Waals surface area contributed by atoms with Gasteiger partial charge in [0.25, 0.3) is 0 Å². The molecule has 26 heavy (non-hydrogen) atoms. The third kappa shape index (κ3) is 3.61. The molecule has 1 aromatic rings. The second kappa shape index (κ2) is 7.68. The molecule has 1 unspecified atom stereocenters. The van der Waals surface area contributed by atoms with Gasteiger partial charge in [-0.25, -0.2) is 9.59 Å². The Morgan fingerprint density at radius 3 is 2.54 bits per heavy atom. The lowest BCUT2D eigenvalue weighted by atomic mass is 9.94. The Bertz CT molecular complexity index is 737. The van der Waals surface area contributed by atoms with Crippen molar-refractivity contribution in [3.8, 4) is 11.5 Å². The smallest absolute Gasteiger partial charge is 0.338 e. The lowest BCUT2D eigenvalue weighted by Crippen LogP contribution is -2.45.